The van der Waals surface area contributed by atoms with E-state index in [1.165, 1.54) is 0 Å². The third kappa shape index (κ3) is 3.21. The second-order valence-corrected chi connectivity index (χ2v) is 10.0. The monoisotopic (exact) mass is 485 g/mol. The van der Waals surface area contributed by atoms with Crippen LogP contribution in [0, 0.1) is 23.7 Å². The number of hydrazine groups is 2. The Morgan fingerprint density at radius 1 is 0.889 bits per heavy atom. The van der Waals surface area contributed by atoms with Gasteiger partial charge in [-0.05, 0) is 60.2 Å². The number of benzene rings is 1. The smallest absolute Gasteiger partial charge is 0.272 e. The number of likely N-dealkylation sites (tertiary alicyclic amines) is 2. The van der Waals surface area contributed by atoms with E-state index < -0.39 is 0 Å². The maximum absolute atomic E-state index is 13.5. The van der Waals surface area contributed by atoms with Gasteiger partial charge in [0.15, 0.2) is 5.82 Å². The molecule has 184 valence electrons. The quantitative estimate of drug-likeness (QED) is 0.517. The molecule has 2 saturated heterocycles. The van der Waals surface area contributed by atoms with E-state index in [0.717, 1.165) is 29.5 Å². The molecule has 1 aromatic carbocycles. The fraction of sp³-hybridized carbons (Fsp3) is 0.385. The first-order valence-corrected chi connectivity index (χ1v) is 12.5. The summed E-state index contributed by atoms with van der Waals surface area (Å²) in [5, 5.41) is 1.87. The number of amides is 2. The first kappa shape index (κ1) is 21.4. The summed E-state index contributed by atoms with van der Waals surface area (Å²) in [6.07, 6.45) is 0. The minimum Gasteiger partial charge on any atom is -0.478 e. The molecule has 7 rings (SSSR count). The molecule has 0 spiro atoms. The Morgan fingerprint density at radius 2 is 1.56 bits per heavy atom. The average Bonchev–Trinajstić information content (AvgIpc) is 3.62. The first-order chi connectivity index (χ1) is 17.6. The molecule has 0 bridgehead atoms. The molecule has 4 atom stereocenters. The highest BCUT2D eigenvalue weighted by Gasteiger charge is 2.59. The van der Waals surface area contributed by atoms with E-state index in [2.05, 4.69) is 26.4 Å². The fourth-order valence-electron chi connectivity index (χ4n) is 6.49. The summed E-state index contributed by atoms with van der Waals surface area (Å²) in [6, 6.07) is 13.3. The van der Waals surface area contributed by atoms with Crippen molar-refractivity contribution in [1.29, 1.82) is 0 Å². The van der Waals surface area contributed by atoms with Gasteiger partial charge < -0.3 is 20.0 Å². The SMILES string of the molecule is CCOc1nc(C(=O)N2CC3C(C2)[C@@H]2CN(C(=O)c4ccc5c(n4)NNN5)C[C@H]32)cc2ccccc12. The van der Waals surface area contributed by atoms with Gasteiger partial charge in [0.2, 0.25) is 5.88 Å². The van der Waals surface area contributed by atoms with Crippen LogP contribution < -0.4 is 21.1 Å². The van der Waals surface area contributed by atoms with Gasteiger partial charge in [-0.25, -0.2) is 9.97 Å². The lowest BCUT2D eigenvalue weighted by Crippen LogP contribution is -2.44. The van der Waals surface area contributed by atoms with Crippen molar-refractivity contribution in [3.05, 3.63) is 53.9 Å². The number of anilines is 2. The molecular weight excluding hydrogens is 458 g/mol. The number of pyridine rings is 2. The summed E-state index contributed by atoms with van der Waals surface area (Å²) < 4.78 is 5.75. The van der Waals surface area contributed by atoms with E-state index >= 15 is 0 Å². The summed E-state index contributed by atoms with van der Waals surface area (Å²) in [5.41, 5.74) is 10.3. The molecule has 2 unspecified atom stereocenters. The van der Waals surface area contributed by atoms with Crippen molar-refractivity contribution in [2.75, 3.05) is 43.6 Å². The van der Waals surface area contributed by atoms with Crippen LogP contribution in [0.2, 0.25) is 0 Å². The van der Waals surface area contributed by atoms with Crippen LogP contribution in [0.5, 0.6) is 5.88 Å². The molecule has 5 heterocycles. The topological polar surface area (TPSA) is 112 Å². The molecule has 3 aliphatic heterocycles. The maximum atomic E-state index is 13.5. The number of aromatic nitrogens is 2. The number of rotatable bonds is 4. The highest BCUT2D eigenvalue weighted by Crippen LogP contribution is 2.54. The van der Waals surface area contributed by atoms with Gasteiger partial charge in [0.05, 0.1) is 12.3 Å². The molecule has 4 aliphatic rings. The van der Waals surface area contributed by atoms with E-state index in [1.54, 1.807) is 6.07 Å². The summed E-state index contributed by atoms with van der Waals surface area (Å²) in [7, 11) is 0. The molecule has 0 radical (unpaired) electrons. The van der Waals surface area contributed by atoms with E-state index in [0.29, 0.717) is 66.5 Å². The minimum atomic E-state index is -0.0424. The van der Waals surface area contributed by atoms with E-state index in [4.69, 9.17) is 4.74 Å². The number of carbonyl (C=O) groups excluding carboxylic acids is 2. The zero-order valence-corrected chi connectivity index (χ0v) is 19.9. The van der Waals surface area contributed by atoms with Gasteiger partial charge in [0, 0.05) is 31.6 Å². The molecule has 3 fully saturated rings. The van der Waals surface area contributed by atoms with Crippen LogP contribution in [0.15, 0.2) is 42.5 Å². The van der Waals surface area contributed by atoms with Crippen LogP contribution in [0.25, 0.3) is 10.8 Å². The van der Waals surface area contributed by atoms with Gasteiger partial charge >= 0.3 is 0 Å². The van der Waals surface area contributed by atoms with Gasteiger partial charge in [-0.3, -0.25) is 15.0 Å². The van der Waals surface area contributed by atoms with Crippen molar-refractivity contribution >= 4 is 34.1 Å². The van der Waals surface area contributed by atoms with Crippen LogP contribution in [0.3, 0.4) is 0 Å². The molecular formula is C26H27N7O3. The van der Waals surface area contributed by atoms with Crippen molar-refractivity contribution in [3.63, 3.8) is 0 Å². The van der Waals surface area contributed by atoms with Gasteiger partial charge in [-0.1, -0.05) is 18.2 Å². The summed E-state index contributed by atoms with van der Waals surface area (Å²) in [5.74, 6) is 2.76. The van der Waals surface area contributed by atoms with Gasteiger partial charge in [-0.15, -0.1) is 5.53 Å². The van der Waals surface area contributed by atoms with E-state index in [1.807, 2.05) is 53.1 Å². The number of hydrogen-bond acceptors (Lipinski definition) is 8. The average molecular weight is 486 g/mol. The predicted octanol–water partition coefficient (Wildman–Crippen LogP) is 2.38. The van der Waals surface area contributed by atoms with Crippen molar-refractivity contribution in [3.8, 4) is 5.88 Å². The van der Waals surface area contributed by atoms with Crippen LogP contribution in [-0.4, -0.2) is 64.4 Å². The summed E-state index contributed by atoms with van der Waals surface area (Å²) in [4.78, 5) is 39.5. The molecule has 10 heteroatoms. The standard InChI is InChI=1S/C26H27N7O3/c1-2-36-24-15-6-4-3-5-14(15)9-22(28-24)26(35)33-12-18-16-10-32(11-17(16)19(18)13-33)25(34)21-8-7-20-23(27-21)30-31-29-20/h3-9,16-19,29,31H,2,10-13H2,1H3,(H,27,30)/t16-,17+,18?,19?. The number of nitrogens with one attached hydrogen (secondary N) is 3. The molecule has 1 aliphatic carbocycles. The number of carbonyl (C=O) groups is 2. The molecule has 3 aromatic rings. The molecule has 2 amide bonds. The second kappa shape index (κ2) is 8.06. The Labute approximate surface area is 208 Å². The Kier molecular flexibility index (Phi) is 4.78. The lowest BCUT2D eigenvalue weighted by Gasteiger charge is -2.42. The lowest BCUT2D eigenvalue weighted by atomic mass is 9.60. The Bertz CT molecular complexity index is 1380. The molecule has 10 nitrogen and oxygen atoms in total. The molecule has 2 aromatic heterocycles. The van der Waals surface area contributed by atoms with Crippen molar-refractivity contribution in [2.24, 2.45) is 23.7 Å². The Hall–Kier alpha value is -3.92. The number of fused-ring (bicyclic) bond motifs is 6. The van der Waals surface area contributed by atoms with E-state index in [9.17, 15) is 9.59 Å². The third-order valence-electron chi connectivity index (χ3n) is 8.20. The zero-order valence-electron chi connectivity index (χ0n) is 19.9. The van der Waals surface area contributed by atoms with Crippen molar-refractivity contribution < 1.29 is 14.3 Å². The first-order valence-electron chi connectivity index (χ1n) is 12.5. The van der Waals surface area contributed by atoms with Crippen molar-refractivity contribution in [2.45, 2.75) is 6.92 Å². The van der Waals surface area contributed by atoms with Crippen LogP contribution in [0.1, 0.15) is 27.9 Å². The second-order valence-electron chi connectivity index (χ2n) is 10.0. The van der Waals surface area contributed by atoms with Gasteiger partial charge in [0.1, 0.15) is 11.4 Å². The van der Waals surface area contributed by atoms with Gasteiger partial charge in [0.25, 0.3) is 11.8 Å². The molecule has 36 heavy (non-hydrogen) atoms. The zero-order chi connectivity index (χ0) is 24.4. The highest BCUT2D eigenvalue weighted by molar-refractivity contribution is 5.98. The lowest BCUT2D eigenvalue weighted by molar-refractivity contribution is 0.0629. The third-order valence-corrected chi connectivity index (χ3v) is 8.20. The van der Waals surface area contributed by atoms with Crippen LogP contribution >= 0.6 is 0 Å². The van der Waals surface area contributed by atoms with E-state index in [-0.39, 0.29) is 11.8 Å². The summed E-state index contributed by atoms with van der Waals surface area (Å²) >= 11 is 0. The number of hydrogen-bond donors (Lipinski definition) is 3. The number of ether oxygens (including phenoxy) is 1. The largest absolute Gasteiger partial charge is 0.478 e. The molecule has 1 saturated carbocycles. The molecule has 3 N–H and O–H groups in total. The van der Waals surface area contributed by atoms with Crippen molar-refractivity contribution in [1.82, 2.24) is 25.3 Å². The van der Waals surface area contributed by atoms with Crippen LogP contribution in [0.4, 0.5) is 11.5 Å². The predicted molar refractivity (Wildman–Crippen MR) is 133 cm³/mol. The Morgan fingerprint density at radius 3 is 2.25 bits per heavy atom. The maximum Gasteiger partial charge on any atom is 0.272 e. The van der Waals surface area contributed by atoms with Gasteiger partial charge in [-0.2, -0.15) is 0 Å². The fourth-order valence-corrected chi connectivity index (χ4v) is 6.49. The van der Waals surface area contributed by atoms with Crippen LogP contribution in [-0.2, 0) is 0 Å². The minimum absolute atomic E-state index is 0.0317. The Balaban J connectivity index is 1.05. The normalized spacial score (nSPS) is 25.5. The number of nitrogens with zero attached hydrogens (tertiary/aromatic N) is 4. The highest BCUT2D eigenvalue weighted by atomic mass is 16.5. The summed E-state index contributed by atoms with van der Waals surface area (Å²) in [6.45, 7) is 5.28.